The Hall–Kier alpha value is -2.70. The number of carbonyl (C=O) groups is 2. The van der Waals surface area contributed by atoms with Gasteiger partial charge in [0.2, 0.25) is 5.91 Å². The summed E-state index contributed by atoms with van der Waals surface area (Å²) in [6.45, 7) is 8.07. The number of amides is 1. The highest BCUT2D eigenvalue weighted by atomic mass is 19.1. The van der Waals surface area contributed by atoms with Gasteiger partial charge in [-0.05, 0) is 57.1 Å². The van der Waals surface area contributed by atoms with Crippen molar-refractivity contribution in [2.24, 2.45) is 17.8 Å². The molecule has 174 valence electrons. The number of nitrogens with zero attached hydrogens (tertiary/aromatic N) is 2. The highest BCUT2D eigenvalue weighted by molar-refractivity contribution is 5.89. The number of aromatic nitrogens is 2. The maximum Gasteiger partial charge on any atom is 0.309 e. The molecule has 1 aliphatic heterocycles. The molecular formula is C25H34FN3O3. The predicted molar refractivity (Wildman–Crippen MR) is 122 cm³/mol. The van der Waals surface area contributed by atoms with Crippen LogP contribution in [-0.2, 0) is 14.3 Å². The smallest absolute Gasteiger partial charge is 0.309 e. The second kappa shape index (κ2) is 10.3. The number of hydrogen-bond acceptors (Lipinski definition) is 4. The first-order valence-electron chi connectivity index (χ1n) is 11.6. The molecule has 1 saturated heterocycles. The van der Waals surface area contributed by atoms with Crippen LogP contribution in [0.25, 0.3) is 5.69 Å². The lowest BCUT2D eigenvalue weighted by atomic mass is 9.73. The van der Waals surface area contributed by atoms with Gasteiger partial charge in [0.05, 0.1) is 5.92 Å². The molecule has 3 rings (SSSR count). The number of carbonyl (C=O) groups excluding carboxylic acids is 2. The van der Waals surface area contributed by atoms with Crippen molar-refractivity contribution in [2.75, 3.05) is 5.32 Å². The van der Waals surface area contributed by atoms with Crippen molar-refractivity contribution in [1.29, 1.82) is 0 Å². The van der Waals surface area contributed by atoms with Crippen LogP contribution < -0.4 is 5.32 Å². The van der Waals surface area contributed by atoms with Crippen molar-refractivity contribution < 1.29 is 18.7 Å². The lowest BCUT2D eigenvalue weighted by molar-refractivity contribution is -0.180. The Balaban J connectivity index is 1.63. The van der Waals surface area contributed by atoms with E-state index in [1.54, 1.807) is 30.5 Å². The lowest BCUT2D eigenvalue weighted by Crippen LogP contribution is -2.46. The molecule has 0 spiro atoms. The molecule has 32 heavy (non-hydrogen) atoms. The summed E-state index contributed by atoms with van der Waals surface area (Å²) in [4.78, 5) is 25.0. The van der Waals surface area contributed by atoms with Crippen molar-refractivity contribution >= 4 is 17.7 Å². The van der Waals surface area contributed by atoms with Crippen LogP contribution in [0, 0.1) is 23.6 Å². The molecule has 3 unspecified atom stereocenters. The van der Waals surface area contributed by atoms with Crippen LogP contribution in [-0.4, -0.2) is 27.3 Å². The minimum Gasteiger partial charge on any atom is -0.459 e. The van der Waals surface area contributed by atoms with Crippen LogP contribution in [0.3, 0.4) is 0 Å². The topological polar surface area (TPSA) is 73.2 Å². The van der Waals surface area contributed by atoms with E-state index in [9.17, 15) is 14.0 Å². The number of anilines is 1. The Morgan fingerprint density at radius 2 is 2.06 bits per heavy atom. The van der Waals surface area contributed by atoms with Gasteiger partial charge in [0.1, 0.15) is 17.1 Å². The Labute approximate surface area is 189 Å². The van der Waals surface area contributed by atoms with Gasteiger partial charge >= 0.3 is 5.97 Å². The number of hydrogen-bond donors (Lipinski definition) is 1. The number of esters is 1. The highest BCUT2D eigenvalue weighted by Crippen LogP contribution is 2.40. The number of nitrogens with one attached hydrogen (secondary N) is 1. The molecule has 1 aromatic heterocycles. The molecule has 1 N–H and O–H groups in total. The van der Waals surface area contributed by atoms with Crippen LogP contribution >= 0.6 is 0 Å². The summed E-state index contributed by atoms with van der Waals surface area (Å²) in [6, 6.07) is 8.02. The summed E-state index contributed by atoms with van der Waals surface area (Å²) >= 11 is 0. The van der Waals surface area contributed by atoms with Gasteiger partial charge < -0.3 is 10.1 Å². The maximum atomic E-state index is 14.0. The predicted octanol–water partition coefficient (Wildman–Crippen LogP) is 5.51. The van der Waals surface area contributed by atoms with E-state index >= 15 is 0 Å². The van der Waals surface area contributed by atoms with Gasteiger partial charge in [0.15, 0.2) is 5.82 Å². The fourth-order valence-corrected chi connectivity index (χ4v) is 4.60. The summed E-state index contributed by atoms with van der Waals surface area (Å²) in [5.74, 6) is 0.140. The quantitative estimate of drug-likeness (QED) is 0.518. The van der Waals surface area contributed by atoms with E-state index < -0.39 is 5.60 Å². The van der Waals surface area contributed by atoms with Crippen molar-refractivity contribution in [2.45, 2.75) is 71.8 Å². The van der Waals surface area contributed by atoms with Crippen molar-refractivity contribution in [3.05, 3.63) is 42.3 Å². The summed E-state index contributed by atoms with van der Waals surface area (Å²) in [5, 5.41) is 7.14. The third-order valence-corrected chi connectivity index (χ3v) is 6.49. The van der Waals surface area contributed by atoms with Crippen LogP contribution in [0.15, 0.2) is 36.5 Å². The molecule has 2 aromatic rings. The number of cyclic esters (lactones) is 1. The molecule has 1 aromatic carbocycles. The Bertz CT molecular complexity index is 940. The molecule has 0 saturated carbocycles. The summed E-state index contributed by atoms with van der Waals surface area (Å²) in [6.07, 6.45) is 6.31. The number of benzene rings is 1. The fourth-order valence-electron chi connectivity index (χ4n) is 4.60. The summed E-state index contributed by atoms with van der Waals surface area (Å²) in [7, 11) is 0. The van der Waals surface area contributed by atoms with Crippen LogP contribution in [0.5, 0.6) is 0 Å². The Morgan fingerprint density at radius 3 is 2.75 bits per heavy atom. The molecule has 0 radical (unpaired) electrons. The van der Waals surface area contributed by atoms with Gasteiger partial charge in [0.25, 0.3) is 0 Å². The SMILES string of the molecule is CCCC(CC(=O)Nc1ccn(-c2ccccc2F)n1)CC1CC(CC)C(=O)OC1(C)C. The van der Waals surface area contributed by atoms with Crippen molar-refractivity contribution in [1.82, 2.24) is 9.78 Å². The standard InChI is InChI=1S/C25H34FN3O3/c1-5-9-17(14-19-16-18(6-2)24(31)32-25(19,3)4)15-23(30)27-22-12-13-29(28-22)21-11-8-7-10-20(21)26/h7-8,10-13,17-19H,5-6,9,14-16H2,1-4H3,(H,27,28,30). The molecule has 0 bridgehead atoms. The second-order valence-corrected chi connectivity index (χ2v) is 9.30. The van der Waals surface area contributed by atoms with Crippen molar-refractivity contribution in [3.8, 4) is 5.69 Å². The average molecular weight is 444 g/mol. The molecular weight excluding hydrogens is 409 g/mol. The van der Waals surface area contributed by atoms with Crippen molar-refractivity contribution in [3.63, 3.8) is 0 Å². The zero-order valence-electron chi connectivity index (χ0n) is 19.4. The van der Waals surface area contributed by atoms with Gasteiger partial charge in [-0.2, -0.15) is 0 Å². The molecule has 2 heterocycles. The lowest BCUT2D eigenvalue weighted by Gasteiger charge is -2.42. The monoisotopic (exact) mass is 443 g/mol. The first kappa shape index (κ1) is 24.0. The second-order valence-electron chi connectivity index (χ2n) is 9.30. The minimum atomic E-state index is -0.524. The maximum absolute atomic E-state index is 14.0. The van der Waals surface area contributed by atoms with E-state index in [1.807, 2.05) is 20.8 Å². The van der Waals surface area contributed by atoms with Gasteiger partial charge in [0, 0.05) is 18.7 Å². The van der Waals surface area contributed by atoms with Crippen LogP contribution in [0.4, 0.5) is 10.2 Å². The Kier molecular flexibility index (Phi) is 7.69. The number of halogens is 1. The fraction of sp³-hybridized carbons (Fsp3) is 0.560. The van der Waals surface area contributed by atoms with Gasteiger partial charge in [-0.25, -0.2) is 9.07 Å². The molecule has 1 amide bonds. The zero-order valence-corrected chi connectivity index (χ0v) is 19.4. The third-order valence-electron chi connectivity index (χ3n) is 6.49. The average Bonchev–Trinajstić information content (AvgIpc) is 3.18. The molecule has 7 heteroatoms. The van der Waals surface area contributed by atoms with E-state index in [1.165, 1.54) is 10.7 Å². The van der Waals surface area contributed by atoms with Gasteiger partial charge in [-0.15, -0.1) is 5.10 Å². The first-order chi connectivity index (χ1) is 15.2. The number of ether oxygens (including phenoxy) is 1. The number of para-hydroxylation sites is 1. The van der Waals surface area contributed by atoms with E-state index in [-0.39, 0.29) is 35.4 Å². The van der Waals surface area contributed by atoms with Crippen LogP contribution in [0.2, 0.25) is 0 Å². The molecule has 1 aliphatic rings. The molecule has 1 fully saturated rings. The minimum absolute atomic E-state index is 0.0634. The molecule has 6 nitrogen and oxygen atoms in total. The van der Waals surface area contributed by atoms with Crippen LogP contribution in [0.1, 0.15) is 66.2 Å². The third kappa shape index (κ3) is 5.75. The van der Waals surface area contributed by atoms with E-state index in [4.69, 9.17) is 4.74 Å². The van der Waals surface area contributed by atoms with Gasteiger partial charge in [-0.1, -0.05) is 38.8 Å². The van der Waals surface area contributed by atoms with E-state index in [0.717, 1.165) is 32.1 Å². The molecule has 0 aliphatic carbocycles. The summed E-state index contributed by atoms with van der Waals surface area (Å²) < 4.78 is 21.1. The van der Waals surface area contributed by atoms with E-state index in [2.05, 4.69) is 17.3 Å². The largest absolute Gasteiger partial charge is 0.459 e. The highest BCUT2D eigenvalue weighted by Gasteiger charge is 2.43. The summed E-state index contributed by atoms with van der Waals surface area (Å²) in [5.41, 5.74) is -0.194. The number of rotatable bonds is 9. The molecule has 3 atom stereocenters. The van der Waals surface area contributed by atoms with Gasteiger partial charge in [-0.3, -0.25) is 9.59 Å². The van der Waals surface area contributed by atoms with E-state index in [0.29, 0.717) is 17.9 Å². The zero-order chi connectivity index (χ0) is 23.3. The first-order valence-corrected chi connectivity index (χ1v) is 11.6. The Morgan fingerprint density at radius 1 is 1.31 bits per heavy atom. The normalized spacial score (nSPS) is 21.1.